The number of sulfonamides is 1. The molecule has 4 aromatic carbocycles. The summed E-state index contributed by atoms with van der Waals surface area (Å²) in [6.07, 6.45) is 11.4. The van der Waals surface area contributed by atoms with Crippen LogP contribution in [0, 0.1) is 23.4 Å². The molecule has 0 unspecified atom stereocenters. The number of nitrogens with zero attached hydrogens (tertiary/aromatic N) is 2. The fraction of sp³-hybridized carbons (Fsp3) is 0.444. The molecule has 0 radical (unpaired) electrons. The van der Waals surface area contributed by atoms with Gasteiger partial charge in [0, 0.05) is 66.9 Å². The van der Waals surface area contributed by atoms with E-state index in [1.165, 1.54) is 0 Å². The predicted octanol–water partition coefficient (Wildman–Crippen LogP) is 8.65. The molecule has 0 bridgehead atoms. The third-order valence-corrected chi connectivity index (χ3v) is 20.4. The topological polar surface area (TPSA) is 324 Å². The minimum absolute atomic E-state index is 0.000250. The van der Waals surface area contributed by atoms with E-state index in [2.05, 4.69) is 78.9 Å². The number of para-hydroxylation sites is 2. The number of carboxylic acids is 1. The van der Waals surface area contributed by atoms with Gasteiger partial charge in [0.25, 0.3) is 20.2 Å². The van der Waals surface area contributed by atoms with E-state index >= 15 is 4.39 Å². The van der Waals surface area contributed by atoms with Crippen LogP contribution >= 0.6 is 0 Å². The highest BCUT2D eigenvalue weighted by Crippen LogP contribution is 2.48. The molecule has 2 heterocycles. The molecule has 7 rings (SSSR count). The number of aliphatic hydroxyl groups is 1. The number of carbonyl (C=O) groups excluding carboxylic acids is 1. The monoisotopic (exact) mass is 1350 g/mol. The minimum Gasteiger partial charge on any atom is -0.481 e. The highest BCUT2D eigenvalue weighted by atomic mass is 32.2. The number of carboxylic acid groups (broad SMARTS) is 1. The fourth-order valence-electron chi connectivity index (χ4n) is 11.6. The van der Waals surface area contributed by atoms with Gasteiger partial charge in [-0.25, -0.2) is 35.1 Å². The lowest BCUT2D eigenvalue weighted by Crippen LogP contribution is -2.28. The van der Waals surface area contributed by atoms with Crippen LogP contribution < -0.4 is 20.1 Å². The fourth-order valence-corrected chi connectivity index (χ4v) is 14.7. The predicted molar refractivity (Wildman–Crippen MR) is 337 cm³/mol. The summed E-state index contributed by atoms with van der Waals surface area (Å²) in [6.45, 7) is 7.34. The highest BCUT2D eigenvalue weighted by Gasteiger charge is 2.45. The van der Waals surface area contributed by atoms with Crippen LogP contribution in [0.15, 0.2) is 129 Å². The second-order valence-electron chi connectivity index (χ2n) is 23.4. The Morgan fingerprint density at radius 3 is 2.01 bits per heavy atom. The molecule has 0 spiro atoms. The molecular weight excluding hydrogens is 1270 g/mol. The van der Waals surface area contributed by atoms with E-state index in [0.717, 1.165) is 51.5 Å². The molecule has 0 fully saturated rings. The van der Waals surface area contributed by atoms with E-state index in [0.29, 0.717) is 55.8 Å². The molecule has 0 saturated carbocycles. The Kier molecular flexibility index (Phi) is 24.0. The van der Waals surface area contributed by atoms with E-state index in [1.54, 1.807) is 24.3 Å². The summed E-state index contributed by atoms with van der Waals surface area (Å²) in [4.78, 5) is 24.4. The molecule has 1 atom stereocenters. The molecule has 7 N–H and O–H groups in total. The van der Waals surface area contributed by atoms with Crippen molar-refractivity contribution in [3.8, 4) is 5.75 Å². The first-order chi connectivity index (χ1) is 42.8. The number of carbonyl (C=O) groups is 2. The number of ketones is 1. The molecule has 0 aromatic heterocycles. The van der Waals surface area contributed by atoms with Crippen LogP contribution in [0.25, 0.3) is 0 Å². The Morgan fingerprint density at radius 2 is 1.36 bits per heavy atom. The molecule has 0 saturated heterocycles. The lowest BCUT2D eigenvalue weighted by molar-refractivity contribution is -0.438. The zero-order valence-electron chi connectivity index (χ0n) is 51.0. The van der Waals surface area contributed by atoms with Gasteiger partial charge < -0.3 is 34.6 Å². The number of benzene rings is 4. The number of aliphatic hydroxyl groups excluding tert-OH is 1. The minimum atomic E-state index is -5.22. The number of fused-ring (bicyclic) bond motifs is 2. The maximum Gasteiger partial charge on any atom is 0.307 e. The zero-order valence-corrected chi connectivity index (χ0v) is 54.3. The van der Waals surface area contributed by atoms with Crippen molar-refractivity contribution in [3.63, 3.8) is 0 Å². The van der Waals surface area contributed by atoms with Crippen LogP contribution in [0.1, 0.15) is 102 Å². The van der Waals surface area contributed by atoms with E-state index in [9.17, 15) is 66.3 Å². The van der Waals surface area contributed by atoms with Gasteiger partial charge in [-0.05, 0) is 111 Å². The van der Waals surface area contributed by atoms with Gasteiger partial charge in [-0.1, -0.05) is 68.5 Å². The van der Waals surface area contributed by atoms with Crippen LogP contribution in [0.2, 0.25) is 0 Å². The van der Waals surface area contributed by atoms with E-state index in [1.807, 2.05) is 36.4 Å². The summed E-state index contributed by atoms with van der Waals surface area (Å²) in [5.74, 6) is -10.1. The third-order valence-electron chi connectivity index (χ3n) is 16.1. The van der Waals surface area contributed by atoms with E-state index < -0.39 is 120 Å². The number of anilines is 2. The number of primary sulfonamides is 1. The number of nitrogens with one attached hydrogen (secondary N) is 1. The Hall–Kier alpha value is -6.60. The molecule has 1 aliphatic carbocycles. The van der Waals surface area contributed by atoms with E-state index in [4.69, 9.17) is 24.5 Å². The smallest absolute Gasteiger partial charge is 0.307 e. The first kappa shape index (κ1) is 71.8. The van der Waals surface area contributed by atoms with Crippen LogP contribution in [0.3, 0.4) is 0 Å². The Morgan fingerprint density at radius 1 is 0.736 bits per heavy atom. The number of unbranched alkanes of at least 4 members (excludes halogenated alkanes) is 2. The first-order valence-corrected chi connectivity index (χ1v) is 36.0. The van der Waals surface area contributed by atoms with Crippen molar-refractivity contribution in [1.29, 1.82) is 0 Å². The molecular formula is C63H78F3N4O17S4+. The Labute approximate surface area is 529 Å². The summed E-state index contributed by atoms with van der Waals surface area (Å²) >= 11 is 0. The number of rotatable bonds is 34. The zero-order chi connectivity index (χ0) is 66.7. The number of hydrogen-bond donors (Lipinski definition) is 6. The number of aliphatic carboxylic acids is 1. The van der Waals surface area contributed by atoms with Gasteiger partial charge in [0.1, 0.15) is 28.7 Å². The lowest BCUT2D eigenvalue weighted by atomic mass is 9.81. The van der Waals surface area contributed by atoms with Crippen molar-refractivity contribution < 1.29 is 94.5 Å². The number of halogens is 3. The van der Waals surface area contributed by atoms with Gasteiger partial charge in [-0.3, -0.25) is 18.7 Å². The molecule has 4 aromatic rings. The number of sulfone groups is 1. The van der Waals surface area contributed by atoms with Crippen molar-refractivity contribution in [3.05, 3.63) is 154 Å². The van der Waals surface area contributed by atoms with Gasteiger partial charge in [-0.2, -0.15) is 21.4 Å². The quantitative estimate of drug-likeness (QED) is 0.0110. The number of Topliss-reactive ketones (excluding diaryl/α,β-unsaturated/α-hetero) is 1. The third kappa shape index (κ3) is 18.4. The van der Waals surface area contributed by atoms with Gasteiger partial charge in [0.05, 0.1) is 67.3 Å². The molecule has 2 aliphatic heterocycles. The van der Waals surface area contributed by atoms with Crippen LogP contribution in [0.5, 0.6) is 5.75 Å². The normalized spacial score (nSPS) is 17.1. The molecule has 3 aliphatic rings. The first-order valence-electron chi connectivity index (χ1n) is 29.6. The van der Waals surface area contributed by atoms with Gasteiger partial charge in [-0.15, -0.1) is 0 Å². The maximum absolute atomic E-state index is 15.3. The van der Waals surface area contributed by atoms with Gasteiger partial charge >= 0.3 is 5.97 Å². The summed E-state index contributed by atoms with van der Waals surface area (Å²) in [7, 11) is -18.4. The van der Waals surface area contributed by atoms with Crippen molar-refractivity contribution in [2.45, 2.75) is 113 Å². The van der Waals surface area contributed by atoms with Crippen molar-refractivity contribution in [2.75, 3.05) is 80.1 Å². The van der Waals surface area contributed by atoms with Crippen molar-refractivity contribution in [2.24, 2.45) is 11.1 Å². The number of hydrogen-bond acceptors (Lipinski definition) is 16. The van der Waals surface area contributed by atoms with Crippen LogP contribution in [-0.4, -0.2) is 145 Å². The van der Waals surface area contributed by atoms with E-state index in [-0.39, 0.29) is 70.0 Å². The molecule has 21 nitrogen and oxygen atoms in total. The van der Waals surface area contributed by atoms with Gasteiger partial charge in [0.15, 0.2) is 37.9 Å². The molecule has 28 heteroatoms. The second-order valence-corrected chi connectivity index (χ2v) is 30.1. The highest BCUT2D eigenvalue weighted by molar-refractivity contribution is 7.91. The summed E-state index contributed by atoms with van der Waals surface area (Å²) in [5, 5.41) is 26.4. The molecule has 496 valence electrons. The Bertz CT molecular complexity index is 4000. The van der Waals surface area contributed by atoms with Crippen molar-refractivity contribution in [1.82, 2.24) is 0 Å². The lowest BCUT2D eigenvalue weighted by Gasteiger charge is -2.27. The second kappa shape index (κ2) is 30.4. The standard InChI is InChI=1S/C63H77F3N4O17S4/c1-62(2)48-16-5-7-18-50(48)69(30-9-11-37-89(77,78)79)52(62)26-22-43-14-13-15-44(23-27-53-63(3,4)49-17-6-8-19-51(49)70(53)31-10-12-38-90(80,81)82)58(43)87-47-24-20-42(21-25-47)40-45(61(73)74)41-46(72)28-33-85-35-36-86-34-29-68-57-56(66)59(91(67,83)84)54(64)55(65)60(57)88(75,76)39-32-71/h5-8,16-27,45,68,71H,9-15,28-41H2,1-4H3,(H4-,67,73,74,77,78,79,80,81,82,83,84)/p+1/t45-/m1/s1. The largest absolute Gasteiger partial charge is 0.481 e. The average Bonchev–Trinajstić information content (AvgIpc) is 1.57. The maximum atomic E-state index is 15.3. The molecule has 0 amide bonds. The van der Waals surface area contributed by atoms with Gasteiger partial charge in [0.2, 0.25) is 15.7 Å². The SMILES string of the molecule is CC1(C)C(=CC=C2CCCC(C=CC3=[N+](CCCCS(=O)(=O)O)c4ccccc4C3(C)C)=C2Oc2ccc(C[C@H](CC(=O)CCOCCOCCNc3c(F)c(S(N)(=O)=O)c(F)c(F)c3S(=O)(=O)CCO)C(=O)O)cc2)N(CCCCS(=O)(=O)O)c2ccccc21. The summed E-state index contributed by atoms with van der Waals surface area (Å²) in [6, 6.07) is 23.0. The number of nitrogens with two attached hydrogens (primary N) is 1. The summed E-state index contributed by atoms with van der Waals surface area (Å²) in [5.41, 5.74) is 6.38. The summed E-state index contributed by atoms with van der Waals surface area (Å²) < 4.78 is 179. The van der Waals surface area contributed by atoms with Crippen molar-refractivity contribution >= 4 is 74.6 Å². The number of ether oxygens (including phenoxy) is 3. The molecule has 91 heavy (non-hydrogen) atoms. The number of allylic oxidation sites excluding steroid dienone is 7. The average molecular weight is 1350 g/mol. The Balaban J connectivity index is 1.05. The van der Waals surface area contributed by atoms with Crippen LogP contribution in [-0.2, 0) is 76.4 Å². The van der Waals surface area contributed by atoms with Crippen LogP contribution in [0.4, 0.5) is 30.2 Å².